The number of aromatic hydroxyl groups is 2. The molecule has 0 saturated heterocycles. The number of ether oxygens (including phenoxy) is 5. The Morgan fingerprint density at radius 1 is 0.714 bits per heavy atom. The van der Waals surface area contributed by atoms with E-state index in [1.54, 1.807) is 87.5 Å². The molecular weight excluding hydrogens is 564 g/mol. The smallest absolute Gasteiger partial charge is 0.460 e. The first-order chi connectivity index (χ1) is 20.1. The predicted molar refractivity (Wildman–Crippen MR) is 154 cm³/mol. The Bertz CT molecular complexity index is 1510. The lowest BCUT2D eigenvalue weighted by atomic mass is 10.1. The predicted octanol–water partition coefficient (Wildman–Crippen LogP) is 6.66. The van der Waals surface area contributed by atoms with Gasteiger partial charge in [-0.05, 0) is 72.3 Å². The van der Waals surface area contributed by atoms with Crippen LogP contribution in [0.1, 0.15) is 40.0 Å². The van der Waals surface area contributed by atoms with Crippen LogP contribution in [0.25, 0.3) is 20.5 Å². The summed E-state index contributed by atoms with van der Waals surface area (Å²) in [6, 6.07) is 18.2. The summed E-state index contributed by atoms with van der Waals surface area (Å²) in [5, 5.41) is 20.5. The summed E-state index contributed by atoms with van der Waals surface area (Å²) >= 11 is 1.43. The Hall–Kier alpha value is -4.77. The van der Waals surface area contributed by atoms with Crippen LogP contribution in [0.3, 0.4) is 0 Å². The van der Waals surface area contributed by atoms with Gasteiger partial charge >= 0.3 is 23.9 Å². The largest absolute Gasteiger partial charge is 0.508 e. The van der Waals surface area contributed by atoms with Crippen molar-refractivity contribution in [2.24, 2.45) is 0 Å². The van der Waals surface area contributed by atoms with Crippen molar-refractivity contribution in [2.75, 3.05) is 6.61 Å². The van der Waals surface area contributed by atoms with Crippen molar-refractivity contribution in [3.8, 4) is 39.2 Å². The molecule has 0 saturated carbocycles. The van der Waals surface area contributed by atoms with E-state index >= 15 is 0 Å². The van der Waals surface area contributed by atoms with Gasteiger partial charge in [0.1, 0.15) is 23.0 Å². The van der Waals surface area contributed by atoms with E-state index < -0.39 is 30.5 Å². The first-order valence-corrected chi connectivity index (χ1v) is 14.1. The van der Waals surface area contributed by atoms with E-state index in [2.05, 4.69) is 0 Å². The number of rotatable bonds is 12. The zero-order chi connectivity index (χ0) is 30.3. The van der Waals surface area contributed by atoms with E-state index in [9.17, 15) is 24.6 Å². The SMILES string of the molecule is CCC(=O)OC(COc1ccc(Oc2c(-c3ccc(O)cc3)sc3cc(O)ccc23)cc1)(OC(=O)CC)OC(=O)CC. The van der Waals surface area contributed by atoms with E-state index in [0.717, 1.165) is 20.5 Å². The maximum atomic E-state index is 12.1. The van der Waals surface area contributed by atoms with Gasteiger partial charge in [0.05, 0.1) is 4.88 Å². The molecule has 0 aliphatic carbocycles. The molecule has 1 aromatic heterocycles. The molecule has 42 heavy (non-hydrogen) atoms. The average Bonchev–Trinajstić information content (AvgIpc) is 3.33. The Labute approximate surface area is 246 Å². The van der Waals surface area contributed by atoms with Crippen LogP contribution < -0.4 is 9.47 Å². The number of carbonyl (C=O) groups excluding carboxylic acids is 3. The minimum atomic E-state index is -2.39. The zero-order valence-corrected chi connectivity index (χ0v) is 24.1. The van der Waals surface area contributed by atoms with Gasteiger partial charge < -0.3 is 33.9 Å². The van der Waals surface area contributed by atoms with Crippen LogP contribution in [-0.4, -0.2) is 40.7 Å². The van der Waals surface area contributed by atoms with Gasteiger partial charge in [-0.15, -0.1) is 11.3 Å². The number of hydrogen-bond donors (Lipinski definition) is 2. The van der Waals surface area contributed by atoms with Crippen LogP contribution in [0, 0.1) is 0 Å². The quantitative estimate of drug-likeness (QED) is 0.135. The van der Waals surface area contributed by atoms with E-state index in [1.165, 1.54) is 11.3 Å². The van der Waals surface area contributed by atoms with Crippen LogP contribution in [0.5, 0.6) is 28.7 Å². The van der Waals surface area contributed by atoms with Crippen molar-refractivity contribution < 1.29 is 48.3 Å². The topological polar surface area (TPSA) is 138 Å². The number of hydrogen-bond acceptors (Lipinski definition) is 11. The third-order valence-corrected chi connectivity index (χ3v) is 7.07. The fourth-order valence-electron chi connectivity index (χ4n) is 3.75. The normalized spacial score (nSPS) is 11.1. The van der Waals surface area contributed by atoms with Crippen LogP contribution in [-0.2, 0) is 28.6 Å². The van der Waals surface area contributed by atoms with Gasteiger partial charge in [0.15, 0.2) is 5.75 Å². The van der Waals surface area contributed by atoms with Gasteiger partial charge in [0.25, 0.3) is 0 Å². The van der Waals surface area contributed by atoms with E-state index in [1.807, 2.05) is 0 Å². The lowest BCUT2D eigenvalue weighted by molar-refractivity contribution is -0.338. The highest BCUT2D eigenvalue weighted by Crippen LogP contribution is 2.47. The number of benzene rings is 3. The zero-order valence-electron chi connectivity index (χ0n) is 23.2. The molecule has 10 nitrogen and oxygen atoms in total. The highest BCUT2D eigenvalue weighted by atomic mass is 32.1. The summed E-state index contributed by atoms with van der Waals surface area (Å²) in [4.78, 5) is 37.2. The average molecular weight is 595 g/mol. The second-order valence-corrected chi connectivity index (χ2v) is 10.1. The van der Waals surface area contributed by atoms with Crippen LogP contribution in [0.2, 0.25) is 0 Å². The Kier molecular flexibility index (Phi) is 9.53. The summed E-state index contributed by atoms with van der Waals surface area (Å²) in [5.41, 5.74) is 0.824. The molecule has 4 rings (SSSR count). The second-order valence-electron chi connectivity index (χ2n) is 9.02. The summed E-state index contributed by atoms with van der Waals surface area (Å²) < 4.78 is 28.6. The lowest BCUT2D eigenvalue weighted by Crippen LogP contribution is -2.49. The Morgan fingerprint density at radius 3 is 1.79 bits per heavy atom. The molecule has 0 unspecified atom stereocenters. The maximum Gasteiger partial charge on any atom is 0.460 e. The monoisotopic (exact) mass is 594 g/mol. The molecule has 0 radical (unpaired) electrons. The lowest BCUT2D eigenvalue weighted by Gasteiger charge is -2.30. The first kappa shape index (κ1) is 30.2. The maximum absolute atomic E-state index is 12.1. The summed E-state index contributed by atoms with van der Waals surface area (Å²) in [7, 11) is 0. The standard InChI is InChI=1S/C31H30O10S/c1-4-26(34)39-31(40-27(35)5-2,41-28(36)6-3)18-37-22-12-14-23(15-13-22)38-29-24-16-11-21(33)17-25(24)42-30(29)19-7-9-20(32)10-8-19/h7-17,32-33H,4-6,18H2,1-3H3. The molecule has 220 valence electrons. The molecule has 2 N–H and O–H groups in total. The molecule has 0 spiro atoms. The van der Waals surface area contributed by atoms with E-state index in [-0.39, 0.29) is 30.8 Å². The molecule has 0 amide bonds. The number of phenols is 2. The van der Waals surface area contributed by atoms with E-state index in [4.69, 9.17) is 23.7 Å². The minimum absolute atomic E-state index is 0.0514. The first-order valence-electron chi connectivity index (χ1n) is 13.3. The van der Waals surface area contributed by atoms with Crippen LogP contribution >= 0.6 is 11.3 Å². The van der Waals surface area contributed by atoms with Gasteiger partial charge in [0.2, 0.25) is 6.61 Å². The second kappa shape index (κ2) is 13.3. The van der Waals surface area contributed by atoms with Crippen molar-refractivity contribution in [3.63, 3.8) is 0 Å². The molecule has 0 fully saturated rings. The van der Waals surface area contributed by atoms with Crippen molar-refractivity contribution in [3.05, 3.63) is 66.7 Å². The van der Waals surface area contributed by atoms with Crippen LogP contribution in [0.15, 0.2) is 66.7 Å². The van der Waals surface area contributed by atoms with E-state index in [0.29, 0.717) is 17.2 Å². The molecule has 0 atom stereocenters. The summed E-state index contributed by atoms with van der Waals surface area (Å²) in [6.45, 7) is 4.04. The molecular formula is C31H30O10S. The van der Waals surface area contributed by atoms with Gasteiger partial charge in [0, 0.05) is 29.3 Å². The van der Waals surface area contributed by atoms with Crippen molar-refractivity contribution >= 4 is 39.3 Å². The number of phenolic OH excluding ortho intramolecular Hbond substituents is 2. The van der Waals surface area contributed by atoms with Crippen LogP contribution in [0.4, 0.5) is 0 Å². The molecule has 0 bridgehead atoms. The Balaban J connectivity index is 1.58. The highest BCUT2D eigenvalue weighted by molar-refractivity contribution is 7.22. The van der Waals surface area contributed by atoms with Gasteiger partial charge in [-0.2, -0.15) is 0 Å². The molecule has 4 aromatic rings. The van der Waals surface area contributed by atoms with Crippen molar-refractivity contribution in [2.45, 2.75) is 46.0 Å². The third kappa shape index (κ3) is 7.29. The fourth-order valence-corrected chi connectivity index (χ4v) is 4.92. The van der Waals surface area contributed by atoms with Crippen molar-refractivity contribution in [1.29, 1.82) is 0 Å². The summed E-state index contributed by atoms with van der Waals surface area (Å²) in [5.74, 6) is -3.06. The van der Waals surface area contributed by atoms with Gasteiger partial charge in [-0.25, -0.2) is 0 Å². The highest BCUT2D eigenvalue weighted by Gasteiger charge is 2.44. The fraction of sp³-hybridized carbons (Fsp3) is 0.258. The minimum Gasteiger partial charge on any atom is -0.508 e. The number of fused-ring (bicyclic) bond motifs is 1. The molecule has 11 heteroatoms. The molecule has 0 aliphatic heterocycles. The Morgan fingerprint density at radius 2 is 1.24 bits per heavy atom. The summed E-state index contributed by atoms with van der Waals surface area (Å²) in [6.07, 6.45) is -0.154. The number of thiophene rings is 1. The third-order valence-electron chi connectivity index (χ3n) is 5.89. The molecule has 3 aromatic carbocycles. The van der Waals surface area contributed by atoms with Gasteiger partial charge in [-0.3, -0.25) is 14.4 Å². The molecule has 0 aliphatic rings. The number of esters is 3. The molecule has 1 heterocycles. The van der Waals surface area contributed by atoms with Crippen molar-refractivity contribution in [1.82, 2.24) is 0 Å². The number of carbonyl (C=O) groups is 3. The van der Waals surface area contributed by atoms with Gasteiger partial charge in [-0.1, -0.05) is 20.8 Å².